The van der Waals surface area contributed by atoms with Crippen LogP contribution in [0.1, 0.15) is 0 Å². The van der Waals surface area contributed by atoms with Gasteiger partial charge in [0.15, 0.2) is 0 Å². The van der Waals surface area contributed by atoms with Gasteiger partial charge in [-0.15, -0.1) is 0 Å². The number of hydrogen-bond acceptors (Lipinski definition) is 4. The van der Waals surface area contributed by atoms with Gasteiger partial charge in [-0.1, -0.05) is 0 Å². The van der Waals surface area contributed by atoms with E-state index in [1.54, 1.807) is 6.20 Å². The van der Waals surface area contributed by atoms with Gasteiger partial charge in [0.05, 0.1) is 5.69 Å². The maximum atomic E-state index is 5.76. The molecule has 1 heterocycles. The lowest BCUT2D eigenvalue weighted by Gasteiger charge is -2.13. The van der Waals surface area contributed by atoms with Gasteiger partial charge >= 0.3 is 0 Å². The van der Waals surface area contributed by atoms with E-state index >= 15 is 0 Å². The molecule has 0 radical (unpaired) electrons. The maximum Gasteiger partial charge on any atom is 0.147 e. The van der Waals surface area contributed by atoms with Crippen LogP contribution in [0.4, 0.5) is 22.9 Å². The summed E-state index contributed by atoms with van der Waals surface area (Å²) in [6, 6.07) is 11.9. The Morgan fingerprint density at radius 3 is 2.41 bits per heavy atom. The largest absolute Gasteiger partial charge is 0.382 e. The number of nitrogen functional groups attached to an aromatic ring is 1. The van der Waals surface area contributed by atoms with E-state index in [0.29, 0.717) is 5.82 Å². The first-order valence-electron chi connectivity index (χ1n) is 5.42. The van der Waals surface area contributed by atoms with Crippen molar-refractivity contribution in [2.75, 3.05) is 30.0 Å². The van der Waals surface area contributed by atoms with Crippen LogP contribution in [0, 0.1) is 0 Å². The van der Waals surface area contributed by atoms with Crippen LogP contribution in [0.15, 0.2) is 42.6 Å². The van der Waals surface area contributed by atoms with E-state index in [2.05, 4.69) is 27.3 Å². The minimum Gasteiger partial charge on any atom is -0.382 e. The van der Waals surface area contributed by atoms with Gasteiger partial charge in [-0.3, -0.25) is 0 Å². The smallest absolute Gasteiger partial charge is 0.147 e. The summed E-state index contributed by atoms with van der Waals surface area (Å²) < 4.78 is 0. The highest BCUT2D eigenvalue weighted by atomic mass is 15.1. The molecule has 0 spiro atoms. The number of nitrogens with zero attached hydrogens (tertiary/aromatic N) is 2. The summed E-state index contributed by atoms with van der Waals surface area (Å²) >= 11 is 0. The van der Waals surface area contributed by atoms with Gasteiger partial charge in [0.1, 0.15) is 5.82 Å². The first-order valence-corrected chi connectivity index (χ1v) is 5.42. The second-order valence-electron chi connectivity index (χ2n) is 4.00. The molecule has 0 saturated heterocycles. The van der Waals surface area contributed by atoms with Crippen molar-refractivity contribution in [1.29, 1.82) is 0 Å². The molecule has 1 aromatic carbocycles. The highest BCUT2D eigenvalue weighted by molar-refractivity contribution is 5.70. The summed E-state index contributed by atoms with van der Waals surface area (Å²) in [4.78, 5) is 6.09. The summed E-state index contributed by atoms with van der Waals surface area (Å²) in [6.45, 7) is 0. The molecular formula is C13H16N4. The van der Waals surface area contributed by atoms with Gasteiger partial charge in [-0.05, 0) is 36.4 Å². The Bertz CT molecular complexity index is 491. The number of pyridine rings is 1. The molecule has 0 atom stereocenters. The lowest BCUT2D eigenvalue weighted by molar-refractivity contribution is 1.13. The molecule has 4 nitrogen and oxygen atoms in total. The first kappa shape index (κ1) is 11.3. The lowest BCUT2D eigenvalue weighted by atomic mass is 10.2. The van der Waals surface area contributed by atoms with Crippen molar-refractivity contribution in [2.24, 2.45) is 0 Å². The quantitative estimate of drug-likeness (QED) is 0.847. The molecule has 0 saturated carbocycles. The zero-order valence-corrected chi connectivity index (χ0v) is 10.0. The zero-order chi connectivity index (χ0) is 12.3. The lowest BCUT2D eigenvalue weighted by Crippen LogP contribution is -2.08. The van der Waals surface area contributed by atoms with Gasteiger partial charge in [-0.25, -0.2) is 4.98 Å². The maximum absolute atomic E-state index is 5.76. The van der Waals surface area contributed by atoms with Crippen molar-refractivity contribution < 1.29 is 0 Å². The van der Waals surface area contributed by atoms with Crippen molar-refractivity contribution in [1.82, 2.24) is 4.98 Å². The molecule has 0 unspecified atom stereocenters. The Balaban J connectivity index is 2.17. The number of hydrogen-bond donors (Lipinski definition) is 2. The molecule has 0 aliphatic carbocycles. The molecule has 17 heavy (non-hydrogen) atoms. The molecule has 0 amide bonds. The fraction of sp³-hybridized carbons (Fsp3) is 0.154. The van der Waals surface area contributed by atoms with Crippen LogP contribution in [0.3, 0.4) is 0 Å². The van der Waals surface area contributed by atoms with Crippen molar-refractivity contribution in [2.45, 2.75) is 0 Å². The third kappa shape index (κ3) is 2.66. The SMILES string of the molecule is CN(C)c1ccc(Nc2cccnc2N)cc1. The molecular weight excluding hydrogens is 212 g/mol. The normalized spacial score (nSPS) is 10.0. The molecule has 4 heteroatoms. The zero-order valence-electron chi connectivity index (χ0n) is 10.0. The number of anilines is 4. The Hall–Kier alpha value is -2.23. The molecule has 0 aliphatic heterocycles. The first-order chi connectivity index (χ1) is 8.16. The van der Waals surface area contributed by atoms with E-state index < -0.39 is 0 Å². The van der Waals surface area contributed by atoms with E-state index in [0.717, 1.165) is 17.1 Å². The molecule has 88 valence electrons. The van der Waals surface area contributed by atoms with Gasteiger partial charge in [0, 0.05) is 31.7 Å². The minimum absolute atomic E-state index is 0.504. The van der Waals surface area contributed by atoms with Crippen LogP contribution >= 0.6 is 0 Å². The van der Waals surface area contributed by atoms with Crippen LogP contribution < -0.4 is 16.0 Å². The van der Waals surface area contributed by atoms with E-state index in [1.807, 2.05) is 38.4 Å². The number of nitrogens with two attached hydrogens (primary N) is 1. The van der Waals surface area contributed by atoms with E-state index in [1.165, 1.54) is 0 Å². The highest BCUT2D eigenvalue weighted by Crippen LogP contribution is 2.22. The number of aromatic nitrogens is 1. The summed E-state index contributed by atoms with van der Waals surface area (Å²) in [5, 5.41) is 3.23. The fourth-order valence-corrected chi connectivity index (χ4v) is 1.52. The van der Waals surface area contributed by atoms with Gasteiger partial charge < -0.3 is 16.0 Å². The van der Waals surface area contributed by atoms with Gasteiger partial charge in [-0.2, -0.15) is 0 Å². The molecule has 0 fully saturated rings. The fourth-order valence-electron chi connectivity index (χ4n) is 1.52. The van der Waals surface area contributed by atoms with Crippen molar-refractivity contribution >= 4 is 22.9 Å². The Morgan fingerprint density at radius 2 is 1.82 bits per heavy atom. The molecule has 1 aromatic heterocycles. The average molecular weight is 228 g/mol. The Kier molecular flexibility index (Phi) is 3.14. The summed E-state index contributed by atoms with van der Waals surface area (Å²) in [6.07, 6.45) is 1.68. The topological polar surface area (TPSA) is 54.2 Å². The third-order valence-electron chi connectivity index (χ3n) is 2.50. The molecule has 0 bridgehead atoms. The van der Waals surface area contributed by atoms with Crippen molar-refractivity contribution in [3.05, 3.63) is 42.6 Å². The molecule has 0 aliphatic rings. The second-order valence-corrected chi connectivity index (χ2v) is 4.00. The molecule has 3 N–H and O–H groups in total. The predicted octanol–water partition coefficient (Wildman–Crippen LogP) is 2.47. The van der Waals surface area contributed by atoms with Crippen LogP contribution in [0.5, 0.6) is 0 Å². The monoisotopic (exact) mass is 228 g/mol. The summed E-state index contributed by atoms with van der Waals surface area (Å²) in [7, 11) is 4.03. The van der Waals surface area contributed by atoms with Crippen molar-refractivity contribution in [3.8, 4) is 0 Å². The summed E-state index contributed by atoms with van der Waals surface area (Å²) in [5.41, 5.74) is 8.75. The Labute approximate surface area is 101 Å². The standard InChI is InChI=1S/C13H16N4/c1-17(2)11-7-5-10(6-8-11)16-12-4-3-9-15-13(12)14/h3-9,16H,1-2H3,(H2,14,15). The number of nitrogens with one attached hydrogen (secondary N) is 1. The van der Waals surface area contributed by atoms with Crippen LogP contribution in [0.25, 0.3) is 0 Å². The number of rotatable bonds is 3. The van der Waals surface area contributed by atoms with Crippen LogP contribution in [-0.4, -0.2) is 19.1 Å². The predicted molar refractivity (Wildman–Crippen MR) is 72.7 cm³/mol. The van der Waals surface area contributed by atoms with Gasteiger partial charge in [0.25, 0.3) is 0 Å². The summed E-state index contributed by atoms with van der Waals surface area (Å²) in [5.74, 6) is 0.504. The van der Waals surface area contributed by atoms with Crippen LogP contribution in [0.2, 0.25) is 0 Å². The molecule has 2 rings (SSSR count). The van der Waals surface area contributed by atoms with E-state index in [4.69, 9.17) is 5.73 Å². The third-order valence-corrected chi connectivity index (χ3v) is 2.50. The average Bonchev–Trinajstić information content (AvgIpc) is 2.33. The molecule has 2 aromatic rings. The van der Waals surface area contributed by atoms with Crippen molar-refractivity contribution in [3.63, 3.8) is 0 Å². The van der Waals surface area contributed by atoms with Gasteiger partial charge in [0.2, 0.25) is 0 Å². The minimum atomic E-state index is 0.504. The highest BCUT2D eigenvalue weighted by Gasteiger charge is 2.00. The Morgan fingerprint density at radius 1 is 1.12 bits per heavy atom. The van der Waals surface area contributed by atoms with E-state index in [9.17, 15) is 0 Å². The van der Waals surface area contributed by atoms with E-state index in [-0.39, 0.29) is 0 Å². The van der Waals surface area contributed by atoms with Crippen LogP contribution in [-0.2, 0) is 0 Å². The second kappa shape index (κ2) is 4.74. The number of benzene rings is 1.